The van der Waals surface area contributed by atoms with Crippen LogP contribution in [-0.4, -0.2) is 19.1 Å². The van der Waals surface area contributed by atoms with E-state index in [0.717, 1.165) is 128 Å². The minimum Gasteiger partial charge on any atom is -0.456 e. The largest absolute Gasteiger partial charge is 0.456 e. The third kappa shape index (κ3) is 6.67. The lowest BCUT2D eigenvalue weighted by Crippen LogP contribution is -2.02. The van der Waals surface area contributed by atoms with Crippen molar-refractivity contribution in [1.29, 1.82) is 0 Å². The second-order valence-electron chi connectivity index (χ2n) is 19.7. The highest BCUT2D eigenvalue weighted by Crippen LogP contribution is 2.41. The Hall–Kier alpha value is -10.3. The lowest BCUT2D eigenvalue weighted by atomic mass is 9.94. The molecule has 354 valence electrons. The second kappa shape index (κ2) is 16.6. The second-order valence-corrected chi connectivity index (χ2v) is 19.7. The highest BCUT2D eigenvalue weighted by molar-refractivity contribution is 6.11. The zero-order valence-electron chi connectivity index (χ0n) is 40.9. The lowest BCUT2D eigenvalue weighted by Gasteiger charge is -2.17. The molecule has 76 heavy (non-hydrogen) atoms. The smallest absolute Gasteiger partial charge is 0.160 e. The molecule has 0 aliphatic heterocycles. The van der Waals surface area contributed by atoms with Crippen LogP contribution in [0, 0.1) is 0 Å². The molecule has 0 saturated carbocycles. The van der Waals surface area contributed by atoms with Crippen molar-refractivity contribution in [2.45, 2.75) is 0 Å². The molecule has 0 atom stereocenters. The third-order valence-corrected chi connectivity index (χ3v) is 15.3. The molecule has 0 fully saturated rings. The summed E-state index contributed by atoms with van der Waals surface area (Å²) in [7, 11) is 0. The minimum atomic E-state index is 0.606. The highest BCUT2D eigenvalue weighted by Gasteiger charge is 2.21. The van der Waals surface area contributed by atoms with E-state index in [1.807, 2.05) is 30.3 Å². The maximum atomic E-state index is 6.48. The SMILES string of the molecule is c1ccc(-c2cc(-c3cc(-n4c5ccccc5c5ccccc54)cc(-n4c5ccccc5c5ccccc54)c3)nc(-c3cc(-c4ccc5c(c4)oc4ccccc45)cc(-c4ccc5c(c4)oc4ccccc45)c3)n2)cc1. The van der Waals surface area contributed by atoms with Crippen LogP contribution in [0.4, 0.5) is 0 Å². The number of furan rings is 2. The van der Waals surface area contributed by atoms with Crippen molar-refractivity contribution in [2.24, 2.45) is 0 Å². The predicted molar refractivity (Wildman–Crippen MR) is 312 cm³/mol. The average Bonchev–Trinajstić information content (AvgIpc) is 4.25. The topological polar surface area (TPSA) is 61.9 Å². The number of aromatic nitrogens is 4. The van der Waals surface area contributed by atoms with Gasteiger partial charge in [0.15, 0.2) is 5.82 Å². The molecule has 0 amide bonds. The molecule has 0 aliphatic rings. The normalized spacial score (nSPS) is 11.9. The Morgan fingerprint density at radius 3 is 1.09 bits per heavy atom. The molecule has 0 spiro atoms. The van der Waals surface area contributed by atoms with Gasteiger partial charge in [0.1, 0.15) is 22.3 Å². The number of rotatable bonds is 7. The first kappa shape index (κ1) is 42.2. The van der Waals surface area contributed by atoms with Crippen LogP contribution < -0.4 is 0 Å². The van der Waals surface area contributed by atoms with Gasteiger partial charge in [0.2, 0.25) is 0 Å². The Balaban J connectivity index is 0.956. The molecule has 0 N–H and O–H groups in total. The summed E-state index contributed by atoms with van der Waals surface area (Å²) in [5.41, 5.74) is 18.5. The summed E-state index contributed by atoms with van der Waals surface area (Å²) in [6.45, 7) is 0. The Morgan fingerprint density at radius 2 is 0.618 bits per heavy atom. The Morgan fingerprint density at radius 1 is 0.237 bits per heavy atom. The van der Waals surface area contributed by atoms with Gasteiger partial charge in [-0.05, 0) is 125 Å². The molecule has 5 aromatic heterocycles. The Kier molecular flexibility index (Phi) is 9.23. The van der Waals surface area contributed by atoms with Crippen molar-refractivity contribution in [3.8, 4) is 67.5 Å². The van der Waals surface area contributed by atoms with Gasteiger partial charge < -0.3 is 18.0 Å². The van der Waals surface area contributed by atoms with E-state index < -0.39 is 0 Å². The van der Waals surface area contributed by atoms with Gasteiger partial charge in [-0.25, -0.2) is 9.97 Å². The molecule has 0 radical (unpaired) electrons. The quantitative estimate of drug-likeness (QED) is 0.160. The summed E-state index contributed by atoms with van der Waals surface area (Å²) in [5, 5.41) is 9.16. The van der Waals surface area contributed by atoms with E-state index >= 15 is 0 Å². The van der Waals surface area contributed by atoms with Crippen molar-refractivity contribution < 1.29 is 8.83 Å². The molecular formula is C70H42N4O2. The number of hydrogen-bond acceptors (Lipinski definition) is 4. The zero-order valence-corrected chi connectivity index (χ0v) is 40.9. The summed E-state index contributed by atoms with van der Waals surface area (Å²) in [4.78, 5) is 11.1. The van der Waals surface area contributed by atoms with Crippen LogP contribution in [0.5, 0.6) is 0 Å². The first-order valence-corrected chi connectivity index (χ1v) is 25.7. The van der Waals surface area contributed by atoms with E-state index in [1.54, 1.807) is 0 Å². The average molecular weight is 971 g/mol. The van der Waals surface area contributed by atoms with Crippen LogP contribution >= 0.6 is 0 Å². The number of fused-ring (bicyclic) bond motifs is 12. The third-order valence-electron chi connectivity index (χ3n) is 15.3. The van der Waals surface area contributed by atoms with E-state index in [4.69, 9.17) is 18.8 Å². The van der Waals surface area contributed by atoms with Crippen LogP contribution in [0.25, 0.3) is 155 Å². The maximum Gasteiger partial charge on any atom is 0.160 e. The highest BCUT2D eigenvalue weighted by atomic mass is 16.3. The summed E-state index contributed by atoms with van der Waals surface area (Å²) < 4.78 is 17.8. The molecule has 6 nitrogen and oxygen atoms in total. The van der Waals surface area contributed by atoms with Crippen molar-refractivity contribution in [3.05, 3.63) is 255 Å². The number of hydrogen-bond donors (Lipinski definition) is 0. The number of nitrogens with zero attached hydrogens (tertiary/aromatic N) is 4. The number of benzene rings is 11. The van der Waals surface area contributed by atoms with Crippen LogP contribution in [0.1, 0.15) is 0 Å². The van der Waals surface area contributed by atoms with Crippen molar-refractivity contribution in [1.82, 2.24) is 19.1 Å². The summed E-state index contributed by atoms with van der Waals surface area (Å²) >= 11 is 0. The molecule has 0 unspecified atom stereocenters. The minimum absolute atomic E-state index is 0.606. The molecular weight excluding hydrogens is 929 g/mol. The van der Waals surface area contributed by atoms with E-state index in [0.29, 0.717) is 5.82 Å². The molecule has 0 saturated heterocycles. The molecule has 0 bridgehead atoms. The summed E-state index contributed by atoms with van der Waals surface area (Å²) in [6.07, 6.45) is 0. The van der Waals surface area contributed by atoms with Crippen LogP contribution in [0.15, 0.2) is 264 Å². The van der Waals surface area contributed by atoms with Crippen molar-refractivity contribution >= 4 is 87.5 Å². The molecule has 11 aromatic carbocycles. The van der Waals surface area contributed by atoms with E-state index in [1.165, 1.54) is 21.5 Å². The van der Waals surface area contributed by atoms with Gasteiger partial charge in [0.05, 0.1) is 33.5 Å². The summed E-state index contributed by atoms with van der Waals surface area (Å²) in [6, 6.07) is 90.5. The molecule has 0 aliphatic carbocycles. The van der Waals surface area contributed by atoms with E-state index in [9.17, 15) is 0 Å². The summed E-state index contributed by atoms with van der Waals surface area (Å²) in [5.74, 6) is 0.606. The molecule has 5 heterocycles. The van der Waals surface area contributed by atoms with Gasteiger partial charge >= 0.3 is 0 Å². The number of para-hydroxylation sites is 6. The Labute approximate surface area is 435 Å². The van der Waals surface area contributed by atoms with Crippen molar-refractivity contribution in [3.63, 3.8) is 0 Å². The zero-order chi connectivity index (χ0) is 49.8. The van der Waals surface area contributed by atoms with E-state index in [-0.39, 0.29) is 0 Å². The van der Waals surface area contributed by atoms with Gasteiger partial charge in [-0.1, -0.05) is 152 Å². The monoisotopic (exact) mass is 970 g/mol. The molecule has 16 rings (SSSR count). The Bertz CT molecular complexity index is 4640. The molecule has 16 aromatic rings. The first-order valence-electron chi connectivity index (χ1n) is 25.7. The maximum absolute atomic E-state index is 6.48. The van der Waals surface area contributed by atoms with Crippen LogP contribution in [0.2, 0.25) is 0 Å². The van der Waals surface area contributed by atoms with Gasteiger partial charge in [-0.3, -0.25) is 0 Å². The first-order chi connectivity index (χ1) is 37.6. The standard InChI is InChI=1S/C70H42N4O2/c1-2-16-43(17-3-1)60-42-61(48-37-50(73-62-24-10-4-18-52(62)53-19-5-11-25-63(53)73)41-51(38-48)74-64-26-12-6-20-54(64)55-21-7-13-27-65(55)74)72-70(71-60)49-35-46(44-30-32-58-56-22-8-14-28-66(56)75-68(58)39-44)34-47(36-49)45-31-33-59-57-23-9-15-29-67(57)76-69(59)40-45/h1-42H. The molecule has 6 heteroatoms. The fourth-order valence-electron chi connectivity index (χ4n) is 11.8. The van der Waals surface area contributed by atoms with E-state index in [2.05, 4.69) is 234 Å². The van der Waals surface area contributed by atoms with Crippen LogP contribution in [-0.2, 0) is 0 Å². The van der Waals surface area contributed by atoms with Crippen LogP contribution in [0.3, 0.4) is 0 Å². The fourth-order valence-corrected chi connectivity index (χ4v) is 11.8. The van der Waals surface area contributed by atoms with Gasteiger partial charge in [-0.2, -0.15) is 0 Å². The fraction of sp³-hybridized carbons (Fsp3) is 0. The van der Waals surface area contributed by atoms with Gasteiger partial charge in [0.25, 0.3) is 0 Å². The van der Waals surface area contributed by atoms with Gasteiger partial charge in [0, 0.05) is 71.2 Å². The van der Waals surface area contributed by atoms with Gasteiger partial charge in [-0.15, -0.1) is 0 Å². The predicted octanol–water partition coefficient (Wildman–Crippen LogP) is 18.8. The van der Waals surface area contributed by atoms with Crippen molar-refractivity contribution in [2.75, 3.05) is 0 Å². The lowest BCUT2D eigenvalue weighted by molar-refractivity contribution is 0.668.